The number of sulfonamides is 1. The molecule has 1 amide bonds. The largest absolute Gasteiger partial charge is 0.355 e. The third-order valence-corrected chi connectivity index (χ3v) is 6.63. The molecule has 144 valence electrons. The highest BCUT2D eigenvalue weighted by Gasteiger charge is 2.35. The predicted molar refractivity (Wildman–Crippen MR) is 108 cm³/mol. The summed E-state index contributed by atoms with van der Waals surface area (Å²) in [6.45, 7) is 6.56. The van der Waals surface area contributed by atoms with Crippen LogP contribution < -0.4 is 9.62 Å². The number of anilines is 1. The number of benzene rings is 2. The van der Waals surface area contributed by atoms with Crippen molar-refractivity contribution in [2.75, 3.05) is 17.4 Å². The van der Waals surface area contributed by atoms with Crippen LogP contribution in [0.5, 0.6) is 0 Å². The number of hydrogen-bond acceptors (Lipinski definition) is 3. The van der Waals surface area contributed by atoms with E-state index in [9.17, 15) is 13.2 Å². The summed E-state index contributed by atoms with van der Waals surface area (Å²) in [5.41, 5.74) is 3.24. The van der Waals surface area contributed by atoms with Gasteiger partial charge in [0.1, 0.15) is 6.54 Å². The highest BCUT2D eigenvalue weighted by atomic mass is 32.2. The number of nitrogens with zero attached hydrogens (tertiary/aromatic N) is 1. The van der Waals surface area contributed by atoms with Crippen molar-refractivity contribution in [1.29, 1.82) is 0 Å². The van der Waals surface area contributed by atoms with Crippen molar-refractivity contribution >= 4 is 21.6 Å². The number of amides is 1. The molecule has 5 nitrogen and oxygen atoms in total. The molecule has 2 aromatic rings. The lowest BCUT2D eigenvalue weighted by Gasteiger charge is -2.32. The first-order valence-corrected chi connectivity index (χ1v) is 10.8. The van der Waals surface area contributed by atoms with E-state index in [0.717, 1.165) is 24.0 Å². The van der Waals surface area contributed by atoms with Gasteiger partial charge in [0.25, 0.3) is 10.0 Å². The molecule has 0 spiro atoms. The highest BCUT2D eigenvalue weighted by Crippen LogP contribution is 2.43. The van der Waals surface area contributed by atoms with Crippen LogP contribution in [0.4, 0.5) is 5.69 Å². The minimum Gasteiger partial charge on any atom is -0.355 e. The molecule has 0 aliphatic carbocycles. The zero-order valence-corrected chi connectivity index (χ0v) is 16.8. The lowest BCUT2D eigenvalue weighted by Crippen LogP contribution is -2.42. The number of fused-ring (bicyclic) bond motifs is 3. The molecule has 2 aromatic carbocycles. The Morgan fingerprint density at radius 2 is 1.85 bits per heavy atom. The second kappa shape index (κ2) is 7.72. The topological polar surface area (TPSA) is 66.5 Å². The highest BCUT2D eigenvalue weighted by molar-refractivity contribution is 7.93. The molecule has 1 N–H and O–H groups in total. The molecule has 1 aliphatic rings. The van der Waals surface area contributed by atoms with Gasteiger partial charge in [-0.05, 0) is 42.5 Å². The SMILES string of the molecule is CCc1ccc2c(c1)-c1ccccc1S(=O)(=O)N2CC(=O)NCCC(C)C. The monoisotopic (exact) mass is 386 g/mol. The van der Waals surface area contributed by atoms with Crippen LogP contribution in [0.2, 0.25) is 0 Å². The second-order valence-corrected chi connectivity index (χ2v) is 9.08. The van der Waals surface area contributed by atoms with Crippen LogP contribution in [0.25, 0.3) is 11.1 Å². The third kappa shape index (κ3) is 3.86. The van der Waals surface area contributed by atoms with Gasteiger partial charge in [0.15, 0.2) is 0 Å². The maximum absolute atomic E-state index is 13.2. The predicted octanol–water partition coefficient (Wildman–Crippen LogP) is 3.59. The van der Waals surface area contributed by atoms with Gasteiger partial charge >= 0.3 is 0 Å². The average Bonchev–Trinajstić information content (AvgIpc) is 2.64. The van der Waals surface area contributed by atoms with Gasteiger partial charge < -0.3 is 5.32 Å². The molecule has 1 aliphatic heterocycles. The van der Waals surface area contributed by atoms with Gasteiger partial charge in [0, 0.05) is 17.7 Å². The van der Waals surface area contributed by atoms with Crippen LogP contribution >= 0.6 is 0 Å². The van der Waals surface area contributed by atoms with Crippen molar-refractivity contribution < 1.29 is 13.2 Å². The van der Waals surface area contributed by atoms with E-state index in [1.165, 1.54) is 4.31 Å². The minimum absolute atomic E-state index is 0.215. The first-order chi connectivity index (χ1) is 12.8. The van der Waals surface area contributed by atoms with Gasteiger partial charge in [-0.15, -0.1) is 0 Å². The fourth-order valence-corrected chi connectivity index (χ4v) is 4.90. The molecule has 6 heteroatoms. The summed E-state index contributed by atoms with van der Waals surface area (Å²) >= 11 is 0. The fourth-order valence-electron chi connectivity index (χ4n) is 3.26. The number of nitrogens with one attached hydrogen (secondary N) is 1. The third-order valence-electron chi connectivity index (χ3n) is 4.81. The maximum Gasteiger partial charge on any atom is 0.265 e. The lowest BCUT2D eigenvalue weighted by atomic mass is 9.99. The van der Waals surface area contributed by atoms with E-state index in [-0.39, 0.29) is 17.3 Å². The molecule has 0 atom stereocenters. The van der Waals surface area contributed by atoms with Gasteiger partial charge in [-0.2, -0.15) is 0 Å². The summed E-state index contributed by atoms with van der Waals surface area (Å²) in [4.78, 5) is 12.7. The van der Waals surface area contributed by atoms with E-state index in [0.29, 0.717) is 23.7 Å². The van der Waals surface area contributed by atoms with Gasteiger partial charge in [-0.1, -0.05) is 45.0 Å². The van der Waals surface area contributed by atoms with Crippen molar-refractivity contribution in [3.63, 3.8) is 0 Å². The minimum atomic E-state index is -3.78. The Morgan fingerprint density at radius 1 is 1.11 bits per heavy atom. The first-order valence-electron chi connectivity index (χ1n) is 9.36. The smallest absolute Gasteiger partial charge is 0.265 e. The number of carbonyl (C=O) groups excluding carboxylic acids is 1. The molecular weight excluding hydrogens is 360 g/mol. The van der Waals surface area contributed by atoms with Crippen LogP contribution in [0, 0.1) is 5.92 Å². The molecular formula is C21H26N2O3S. The number of rotatable bonds is 6. The van der Waals surface area contributed by atoms with Gasteiger partial charge in [0.2, 0.25) is 5.91 Å². The normalized spacial score (nSPS) is 14.6. The second-order valence-electron chi connectivity index (χ2n) is 7.25. The summed E-state index contributed by atoms with van der Waals surface area (Å²) in [5, 5.41) is 2.83. The molecule has 1 heterocycles. The van der Waals surface area contributed by atoms with Crippen LogP contribution in [0.1, 0.15) is 32.8 Å². The number of aryl methyl sites for hydroxylation is 1. The Kier molecular flexibility index (Phi) is 5.56. The van der Waals surface area contributed by atoms with Crippen molar-refractivity contribution in [3.05, 3.63) is 48.0 Å². The summed E-state index contributed by atoms with van der Waals surface area (Å²) < 4.78 is 27.6. The lowest BCUT2D eigenvalue weighted by molar-refractivity contribution is -0.119. The Hall–Kier alpha value is -2.34. The molecule has 0 bridgehead atoms. The number of carbonyl (C=O) groups is 1. The Morgan fingerprint density at radius 3 is 2.56 bits per heavy atom. The summed E-state index contributed by atoms with van der Waals surface area (Å²) in [6, 6.07) is 12.7. The van der Waals surface area contributed by atoms with E-state index in [1.54, 1.807) is 12.1 Å². The van der Waals surface area contributed by atoms with E-state index < -0.39 is 10.0 Å². The van der Waals surface area contributed by atoms with E-state index in [2.05, 4.69) is 26.1 Å². The molecule has 0 radical (unpaired) electrons. The van der Waals surface area contributed by atoms with Gasteiger partial charge in [-0.25, -0.2) is 8.42 Å². The zero-order chi connectivity index (χ0) is 19.6. The Labute approximate surface area is 161 Å². The zero-order valence-electron chi connectivity index (χ0n) is 16.0. The average molecular weight is 387 g/mol. The van der Waals surface area contributed by atoms with Crippen molar-refractivity contribution in [1.82, 2.24) is 5.32 Å². The van der Waals surface area contributed by atoms with Crippen molar-refractivity contribution in [3.8, 4) is 11.1 Å². The summed E-state index contributed by atoms with van der Waals surface area (Å²) in [7, 11) is -3.78. The Balaban J connectivity index is 1.99. The molecule has 3 rings (SSSR count). The summed E-state index contributed by atoms with van der Waals surface area (Å²) in [5.74, 6) is 0.188. The van der Waals surface area contributed by atoms with Crippen LogP contribution in [-0.2, 0) is 21.2 Å². The van der Waals surface area contributed by atoms with E-state index >= 15 is 0 Å². The van der Waals surface area contributed by atoms with E-state index in [1.807, 2.05) is 30.3 Å². The maximum atomic E-state index is 13.2. The molecule has 0 aromatic heterocycles. The standard InChI is InChI=1S/C21H26N2O3S/c1-4-16-9-10-19-18(13-16)17-7-5-6-8-20(17)27(25,26)23(19)14-21(24)22-12-11-15(2)3/h5-10,13,15H,4,11-12,14H2,1-3H3,(H,22,24). The van der Waals surface area contributed by atoms with E-state index in [4.69, 9.17) is 0 Å². The van der Waals surface area contributed by atoms with Gasteiger partial charge in [0.05, 0.1) is 10.6 Å². The van der Waals surface area contributed by atoms with Crippen molar-refractivity contribution in [2.45, 2.75) is 38.5 Å². The summed E-state index contributed by atoms with van der Waals surface area (Å²) in [6.07, 6.45) is 1.72. The molecule has 0 saturated heterocycles. The molecule has 27 heavy (non-hydrogen) atoms. The van der Waals surface area contributed by atoms with Gasteiger partial charge in [-0.3, -0.25) is 9.10 Å². The van der Waals surface area contributed by atoms with Crippen LogP contribution in [-0.4, -0.2) is 27.4 Å². The quantitative estimate of drug-likeness (QED) is 0.825. The van der Waals surface area contributed by atoms with Crippen LogP contribution in [0.15, 0.2) is 47.4 Å². The first kappa shape index (κ1) is 19.4. The fraction of sp³-hybridized carbons (Fsp3) is 0.381. The number of hydrogen-bond donors (Lipinski definition) is 1. The molecule has 0 saturated carbocycles. The molecule has 0 fully saturated rings. The Bertz CT molecular complexity index is 952. The molecule has 0 unspecified atom stereocenters. The van der Waals surface area contributed by atoms with Crippen molar-refractivity contribution in [2.24, 2.45) is 5.92 Å². The van der Waals surface area contributed by atoms with Crippen LogP contribution in [0.3, 0.4) is 0 Å².